The first kappa shape index (κ1) is 19.2. The van der Waals surface area contributed by atoms with Crippen molar-refractivity contribution in [1.82, 2.24) is 9.97 Å². The van der Waals surface area contributed by atoms with Gasteiger partial charge in [-0.3, -0.25) is 0 Å². The zero-order valence-corrected chi connectivity index (χ0v) is 16.9. The topological polar surface area (TPSA) is 96.6 Å². The number of aromatic nitrogens is 2. The predicted molar refractivity (Wildman–Crippen MR) is 108 cm³/mol. The number of nitrogens with two attached hydrogens (primary N) is 1. The van der Waals surface area contributed by atoms with Crippen LogP contribution >= 0.6 is 0 Å². The Balaban J connectivity index is 1.99. The van der Waals surface area contributed by atoms with Crippen LogP contribution in [0.1, 0.15) is 55.0 Å². The summed E-state index contributed by atoms with van der Waals surface area (Å²) in [5.41, 5.74) is 11.1. The summed E-state index contributed by atoms with van der Waals surface area (Å²) in [6.07, 6.45) is 5.55. The van der Waals surface area contributed by atoms with Gasteiger partial charge in [0.1, 0.15) is 5.76 Å². The van der Waals surface area contributed by atoms with Crippen molar-refractivity contribution in [1.29, 1.82) is 0 Å². The third kappa shape index (κ3) is 3.20. The number of allylic oxidation sites excluding steroid dienone is 1. The average molecular weight is 395 g/mol. The number of pyridine rings is 2. The summed E-state index contributed by atoms with van der Waals surface area (Å²) in [5.74, 6) is 0.362. The second kappa shape index (κ2) is 7.73. The minimum Gasteiger partial charge on any atom is -0.481 e. The molecule has 2 aliphatic rings. The molecule has 0 saturated heterocycles. The van der Waals surface area contributed by atoms with Crippen LogP contribution in [0.5, 0.6) is 11.8 Å². The summed E-state index contributed by atoms with van der Waals surface area (Å²) >= 11 is 0. The van der Waals surface area contributed by atoms with Gasteiger partial charge in [0.05, 0.1) is 30.8 Å². The van der Waals surface area contributed by atoms with Gasteiger partial charge >= 0.3 is 5.97 Å². The highest BCUT2D eigenvalue weighted by atomic mass is 16.5. The monoisotopic (exact) mass is 395 g/mol. The standard InChI is InChI=1S/C22H25N3O4/c1-4-28-22(26)16-12(2)29-21-18(17(16)14-9-7-11-24-20(14)27-3)19(23)13-8-5-6-10-15(13)25-21/h7,9,11,17H,4-6,8,10H2,1-3H3,(H2,23,25)/t17-/m0/s1. The number of carbonyl (C=O) groups excluding carboxylic acids is 1. The second-order valence-electron chi connectivity index (χ2n) is 7.20. The lowest BCUT2D eigenvalue weighted by Crippen LogP contribution is -2.26. The molecule has 29 heavy (non-hydrogen) atoms. The molecule has 7 nitrogen and oxygen atoms in total. The molecule has 7 heteroatoms. The van der Waals surface area contributed by atoms with Gasteiger partial charge in [-0.15, -0.1) is 0 Å². The molecule has 0 bridgehead atoms. The van der Waals surface area contributed by atoms with Crippen LogP contribution in [-0.4, -0.2) is 29.7 Å². The van der Waals surface area contributed by atoms with Crippen LogP contribution in [0.3, 0.4) is 0 Å². The largest absolute Gasteiger partial charge is 0.481 e. The minimum absolute atomic E-state index is 0.261. The highest BCUT2D eigenvalue weighted by molar-refractivity contribution is 5.93. The lowest BCUT2D eigenvalue weighted by atomic mass is 9.80. The van der Waals surface area contributed by atoms with Crippen LogP contribution in [-0.2, 0) is 22.4 Å². The fourth-order valence-electron chi connectivity index (χ4n) is 4.24. The van der Waals surface area contributed by atoms with E-state index in [0.717, 1.165) is 42.5 Å². The first-order valence-corrected chi connectivity index (χ1v) is 9.92. The number of esters is 1. The number of hydrogen-bond donors (Lipinski definition) is 1. The van der Waals surface area contributed by atoms with Crippen LogP contribution in [0.4, 0.5) is 5.69 Å². The Morgan fingerprint density at radius 2 is 2.14 bits per heavy atom. The molecule has 0 unspecified atom stereocenters. The van der Waals surface area contributed by atoms with Crippen molar-refractivity contribution < 1.29 is 19.0 Å². The van der Waals surface area contributed by atoms with Gasteiger partial charge in [0, 0.05) is 23.1 Å². The number of anilines is 1. The van der Waals surface area contributed by atoms with Gasteiger partial charge in [0.25, 0.3) is 0 Å². The third-order valence-corrected chi connectivity index (χ3v) is 5.53. The molecule has 2 aromatic heterocycles. The maximum absolute atomic E-state index is 12.9. The number of nitrogens with zero attached hydrogens (tertiary/aromatic N) is 2. The smallest absolute Gasteiger partial charge is 0.338 e. The van der Waals surface area contributed by atoms with E-state index in [2.05, 4.69) is 4.98 Å². The molecule has 0 aromatic carbocycles. The Kier molecular flexibility index (Phi) is 5.13. The zero-order chi connectivity index (χ0) is 20.5. The normalized spacial score (nSPS) is 17.8. The van der Waals surface area contributed by atoms with Gasteiger partial charge in [0.15, 0.2) is 0 Å². The number of rotatable bonds is 4. The Bertz CT molecular complexity index is 1000. The zero-order valence-electron chi connectivity index (χ0n) is 16.9. The van der Waals surface area contributed by atoms with Gasteiger partial charge in [-0.1, -0.05) is 6.07 Å². The van der Waals surface area contributed by atoms with E-state index >= 15 is 0 Å². The highest BCUT2D eigenvalue weighted by Crippen LogP contribution is 2.49. The first-order valence-electron chi connectivity index (χ1n) is 9.92. The molecule has 1 atom stereocenters. The number of methoxy groups -OCH3 is 1. The van der Waals surface area contributed by atoms with Gasteiger partial charge in [-0.2, -0.15) is 0 Å². The van der Waals surface area contributed by atoms with Gasteiger partial charge in [-0.05, 0) is 51.2 Å². The van der Waals surface area contributed by atoms with Crippen molar-refractivity contribution in [2.75, 3.05) is 19.5 Å². The lowest BCUT2D eigenvalue weighted by molar-refractivity contribution is -0.139. The van der Waals surface area contributed by atoms with Crippen molar-refractivity contribution in [3.8, 4) is 11.8 Å². The fraction of sp³-hybridized carbons (Fsp3) is 0.409. The summed E-state index contributed by atoms with van der Waals surface area (Å²) in [6.45, 7) is 3.79. The molecule has 0 amide bonds. The van der Waals surface area contributed by atoms with Crippen LogP contribution in [0.25, 0.3) is 0 Å². The molecule has 3 heterocycles. The summed E-state index contributed by atoms with van der Waals surface area (Å²) in [5, 5.41) is 0. The molecular weight excluding hydrogens is 370 g/mol. The van der Waals surface area contributed by atoms with Crippen molar-refractivity contribution in [3.63, 3.8) is 0 Å². The average Bonchev–Trinajstić information content (AvgIpc) is 2.73. The molecule has 0 spiro atoms. The minimum atomic E-state index is -0.527. The van der Waals surface area contributed by atoms with Crippen molar-refractivity contribution >= 4 is 11.7 Å². The summed E-state index contributed by atoms with van der Waals surface area (Å²) in [4.78, 5) is 22.0. The van der Waals surface area contributed by atoms with E-state index in [1.165, 1.54) is 0 Å². The van der Waals surface area contributed by atoms with E-state index in [4.69, 9.17) is 24.9 Å². The number of fused-ring (bicyclic) bond motifs is 2. The van der Waals surface area contributed by atoms with Crippen LogP contribution in [0, 0.1) is 0 Å². The SMILES string of the molecule is CCOC(=O)C1=C(C)Oc2nc3c(c(N)c2[C@H]1c1cccnc1OC)CCCC3. The van der Waals surface area contributed by atoms with Gasteiger partial charge < -0.3 is 19.9 Å². The molecule has 4 rings (SSSR count). The molecule has 0 fully saturated rings. The van der Waals surface area contributed by atoms with Crippen LogP contribution in [0.15, 0.2) is 29.7 Å². The molecule has 2 N–H and O–H groups in total. The van der Waals surface area contributed by atoms with Gasteiger partial charge in [-0.25, -0.2) is 14.8 Å². The van der Waals surface area contributed by atoms with Crippen LogP contribution < -0.4 is 15.2 Å². The second-order valence-corrected chi connectivity index (χ2v) is 7.20. The Morgan fingerprint density at radius 3 is 2.90 bits per heavy atom. The molecule has 1 aliphatic carbocycles. The van der Waals surface area contributed by atoms with E-state index in [1.807, 2.05) is 12.1 Å². The lowest BCUT2D eigenvalue weighted by Gasteiger charge is -2.32. The van der Waals surface area contributed by atoms with Crippen molar-refractivity contribution in [3.05, 3.63) is 52.0 Å². The maximum Gasteiger partial charge on any atom is 0.338 e. The molecular formula is C22H25N3O4. The predicted octanol–water partition coefficient (Wildman–Crippen LogP) is 3.31. The van der Waals surface area contributed by atoms with Crippen LogP contribution in [0.2, 0.25) is 0 Å². The van der Waals surface area contributed by atoms with Crippen molar-refractivity contribution in [2.45, 2.75) is 45.4 Å². The van der Waals surface area contributed by atoms with E-state index < -0.39 is 11.9 Å². The number of aryl methyl sites for hydroxylation is 1. The number of hydrogen-bond acceptors (Lipinski definition) is 7. The molecule has 2 aromatic rings. The van der Waals surface area contributed by atoms with Crippen molar-refractivity contribution in [2.24, 2.45) is 0 Å². The Hall–Kier alpha value is -3.09. The van der Waals surface area contributed by atoms with E-state index in [-0.39, 0.29) is 6.61 Å². The third-order valence-electron chi connectivity index (χ3n) is 5.53. The highest BCUT2D eigenvalue weighted by Gasteiger charge is 2.40. The van der Waals surface area contributed by atoms with E-state index in [0.29, 0.717) is 34.3 Å². The number of ether oxygens (including phenoxy) is 3. The van der Waals surface area contributed by atoms with E-state index in [1.54, 1.807) is 27.2 Å². The molecule has 1 aliphatic heterocycles. The summed E-state index contributed by atoms with van der Waals surface area (Å²) in [7, 11) is 1.56. The quantitative estimate of drug-likeness (QED) is 0.793. The van der Waals surface area contributed by atoms with Gasteiger partial charge in [0.2, 0.25) is 11.8 Å². The van der Waals surface area contributed by atoms with E-state index in [9.17, 15) is 4.79 Å². The number of nitrogen functional groups attached to an aromatic ring is 1. The fourth-order valence-corrected chi connectivity index (χ4v) is 4.24. The first-order chi connectivity index (χ1) is 14.1. The summed E-state index contributed by atoms with van der Waals surface area (Å²) < 4.78 is 16.9. The molecule has 152 valence electrons. The molecule has 0 saturated carbocycles. The number of carbonyl (C=O) groups is 1. The Labute approximate surface area is 169 Å². The maximum atomic E-state index is 12.9. The molecule has 0 radical (unpaired) electrons. The Morgan fingerprint density at radius 1 is 1.34 bits per heavy atom. The summed E-state index contributed by atoms with van der Waals surface area (Å²) in [6, 6.07) is 3.70.